The minimum atomic E-state index is -0.0789. The van der Waals surface area contributed by atoms with E-state index in [9.17, 15) is 4.79 Å². The second-order valence-corrected chi connectivity index (χ2v) is 10.2. The van der Waals surface area contributed by atoms with Gasteiger partial charge in [0.05, 0.1) is 31.5 Å². The Kier molecular flexibility index (Phi) is 9.56. The Hall–Kier alpha value is -4.85. The molecule has 0 unspecified atom stereocenters. The maximum Gasteiger partial charge on any atom is 0.257 e. The predicted octanol–water partition coefficient (Wildman–Crippen LogP) is 4.92. The molecule has 0 aliphatic carbocycles. The molecule has 1 aliphatic heterocycles. The summed E-state index contributed by atoms with van der Waals surface area (Å²) in [6, 6.07) is 20.1. The van der Waals surface area contributed by atoms with E-state index in [0.717, 1.165) is 30.2 Å². The summed E-state index contributed by atoms with van der Waals surface area (Å²) in [6.45, 7) is 13.8. The van der Waals surface area contributed by atoms with Gasteiger partial charge in [0, 0.05) is 51.5 Å². The van der Waals surface area contributed by atoms with Crippen LogP contribution in [0.15, 0.2) is 72.9 Å². The second kappa shape index (κ2) is 13.9. The first kappa shape index (κ1) is 29.6. The number of aryl methyl sites for hydroxylation is 1. The van der Waals surface area contributed by atoms with E-state index in [2.05, 4.69) is 19.3 Å². The van der Waals surface area contributed by atoms with E-state index in [4.69, 9.17) is 25.9 Å². The first-order valence-electron chi connectivity index (χ1n) is 14.2. The number of aliphatic hydroxyl groups excluding tert-OH is 1. The highest BCUT2D eigenvalue weighted by Crippen LogP contribution is 2.34. The number of imidazole rings is 1. The third kappa shape index (κ3) is 7.15. The Bertz CT molecular complexity index is 1600. The molecule has 1 N–H and O–H groups in total. The lowest BCUT2D eigenvalue weighted by atomic mass is 10.1. The fourth-order valence-electron chi connectivity index (χ4n) is 5.12. The van der Waals surface area contributed by atoms with Crippen LogP contribution in [0, 0.1) is 13.5 Å². The van der Waals surface area contributed by atoms with Gasteiger partial charge >= 0.3 is 0 Å². The van der Waals surface area contributed by atoms with Crippen molar-refractivity contribution < 1.29 is 24.1 Å². The van der Waals surface area contributed by atoms with Gasteiger partial charge in [-0.25, -0.2) is 9.83 Å². The number of hydrogen-bond donors (Lipinski definition) is 1. The highest BCUT2D eigenvalue weighted by Gasteiger charge is 2.25. The van der Waals surface area contributed by atoms with E-state index in [-0.39, 0.29) is 19.1 Å². The van der Waals surface area contributed by atoms with Crippen molar-refractivity contribution in [1.82, 2.24) is 19.4 Å². The highest BCUT2D eigenvalue weighted by atomic mass is 16.5. The number of carbonyl (C=O) groups excluding carboxylic acids is 1. The maximum atomic E-state index is 13.1. The zero-order chi connectivity index (χ0) is 30.2. The van der Waals surface area contributed by atoms with Crippen LogP contribution in [0.3, 0.4) is 0 Å². The number of aliphatic hydroxyl groups is 1. The van der Waals surface area contributed by atoms with Gasteiger partial charge in [0.25, 0.3) is 5.91 Å². The Morgan fingerprint density at radius 3 is 2.53 bits per heavy atom. The van der Waals surface area contributed by atoms with Crippen LogP contribution in [0.25, 0.3) is 4.85 Å². The van der Waals surface area contributed by atoms with Crippen LogP contribution in [0.5, 0.6) is 23.0 Å². The summed E-state index contributed by atoms with van der Waals surface area (Å²) in [7, 11) is 1.58. The SMILES string of the molecule is [C-]#[N+]c1ccc(Cn2c(CN3CCN(C(=O)c4ccccc4OC)CC3)cnc2C)cc1Oc1cccc(OCCO)c1. The number of para-hydroxylation sites is 1. The van der Waals surface area contributed by atoms with Crippen LogP contribution < -0.4 is 14.2 Å². The first-order chi connectivity index (χ1) is 21.0. The molecule has 10 heteroatoms. The van der Waals surface area contributed by atoms with Crippen molar-refractivity contribution in [2.75, 3.05) is 46.5 Å². The number of methoxy groups -OCH3 is 1. The molecule has 0 spiro atoms. The second-order valence-electron chi connectivity index (χ2n) is 10.2. The zero-order valence-corrected chi connectivity index (χ0v) is 24.4. The van der Waals surface area contributed by atoms with Crippen molar-refractivity contribution in [3.63, 3.8) is 0 Å². The van der Waals surface area contributed by atoms with Gasteiger partial charge in [0.2, 0.25) is 5.69 Å². The van der Waals surface area contributed by atoms with E-state index in [0.29, 0.717) is 60.4 Å². The van der Waals surface area contributed by atoms with Crippen molar-refractivity contribution >= 4 is 11.6 Å². The summed E-state index contributed by atoms with van der Waals surface area (Å²) >= 11 is 0. The van der Waals surface area contributed by atoms with Crippen LogP contribution in [-0.2, 0) is 13.1 Å². The molecule has 10 nitrogen and oxygen atoms in total. The Balaban J connectivity index is 1.25. The van der Waals surface area contributed by atoms with E-state index in [1.165, 1.54) is 0 Å². The average Bonchev–Trinajstić information content (AvgIpc) is 3.38. The number of rotatable bonds is 11. The van der Waals surface area contributed by atoms with Crippen LogP contribution in [-0.4, -0.2) is 76.9 Å². The van der Waals surface area contributed by atoms with Gasteiger partial charge in [-0.15, -0.1) is 0 Å². The van der Waals surface area contributed by atoms with Crippen molar-refractivity contribution in [3.8, 4) is 23.0 Å². The van der Waals surface area contributed by atoms with Gasteiger partial charge < -0.3 is 28.8 Å². The van der Waals surface area contributed by atoms with Gasteiger partial charge in [-0.05, 0) is 42.8 Å². The highest BCUT2D eigenvalue weighted by molar-refractivity contribution is 5.97. The molecular formula is C33H35N5O5. The molecule has 5 rings (SSSR count). The van der Waals surface area contributed by atoms with Gasteiger partial charge in [-0.3, -0.25) is 9.69 Å². The Labute approximate surface area is 251 Å². The Morgan fingerprint density at radius 1 is 0.977 bits per heavy atom. The lowest BCUT2D eigenvalue weighted by Crippen LogP contribution is -2.48. The quantitative estimate of drug-likeness (QED) is 0.251. The number of nitrogens with zero attached hydrogens (tertiary/aromatic N) is 5. The summed E-state index contributed by atoms with van der Waals surface area (Å²) in [4.78, 5) is 25.6. The largest absolute Gasteiger partial charge is 0.496 e. The molecule has 0 saturated carbocycles. The number of amides is 1. The van der Waals surface area contributed by atoms with Crippen LogP contribution in [0.2, 0.25) is 0 Å². The van der Waals surface area contributed by atoms with E-state index >= 15 is 0 Å². The molecule has 1 saturated heterocycles. The van der Waals surface area contributed by atoms with Crippen molar-refractivity contribution in [2.45, 2.75) is 20.0 Å². The third-order valence-electron chi connectivity index (χ3n) is 7.40. The fourth-order valence-corrected chi connectivity index (χ4v) is 5.12. The molecule has 0 atom stereocenters. The topological polar surface area (TPSA) is 93.7 Å². The number of benzene rings is 3. The zero-order valence-electron chi connectivity index (χ0n) is 24.4. The third-order valence-corrected chi connectivity index (χ3v) is 7.40. The summed E-state index contributed by atoms with van der Waals surface area (Å²) in [5.74, 6) is 3.06. The fraction of sp³-hybridized carbons (Fsp3) is 0.303. The van der Waals surface area contributed by atoms with Gasteiger partial charge in [-0.2, -0.15) is 0 Å². The van der Waals surface area contributed by atoms with Gasteiger partial charge in [-0.1, -0.05) is 30.3 Å². The van der Waals surface area contributed by atoms with Crippen LogP contribution in [0.4, 0.5) is 5.69 Å². The standard InChI is InChI=1S/C33H35N5O5/c1-24-35-21-26(23-36-13-15-37(16-14-36)33(40)29-9-4-5-10-31(29)41-3)38(24)22-25-11-12-30(34-2)32(19-25)43-28-8-6-7-27(20-28)42-18-17-39/h4-12,19-21,39H,13-18,22-23H2,1,3H3. The molecule has 0 radical (unpaired) electrons. The Morgan fingerprint density at radius 2 is 1.77 bits per heavy atom. The number of hydrogen-bond acceptors (Lipinski definition) is 7. The monoisotopic (exact) mass is 581 g/mol. The first-order valence-corrected chi connectivity index (χ1v) is 14.2. The molecule has 43 heavy (non-hydrogen) atoms. The molecule has 1 aromatic heterocycles. The molecule has 1 fully saturated rings. The molecule has 3 aromatic carbocycles. The van der Waals surface area contributed by atoms with Crippen molar-refractivity contribution in [1.29, 1.82) is 0 Å². The summed E-state index contributed by atoms with van der Waals surface area (Å²) in [6.07, 6.45) is 1.91. The number of piperazine rings is 1. The summed E-state index contributed by atoms with van der Waals surface area (Å²) in [5.41, 5.74) is 3.05. The minimum Gasteiger partial charge on any atom is -0.496 e. The average molecular weight is 582 g/mol. The lowest BCUT2D eigenvalue weighted by molar-refractivity contribution is 0.0622. The van der Waals surface area contributed by atoms with Gasteiger partial charge in [0.1, 0.15) is 35.4 Å². The molecule has 1 aliphatic rings. The molecule has 1 amide bonds. The molecule has 222 valence electrons. The maximum absolute atomic E-state index is 13.1. The van der Waals surface area contributed by atoms with Gasteiger partial charge in [0.15, 0.2) is 0 Å². The normalized spacial score (nSPS) is 13.4. The van der Waals surface area contributed by atoms with E-state index < -0.39 is 0 Å². The number of carbonyl (C=O) groups is 1. The minimum absolute atomic E-state index is 0.0108. The van der Waals surface area contributed by atoms with Crippen molar-refractivity contribution in [3.05, 3.63) is 107 Å². The molecular weight excluding hydrogens is 546 g/mol. The lowest BCUT2D eigenvalue weighted by Gasteiger charge is -2.35. The smallest absolute Gasteiger partial charge is 0.257 e. The van der Waals surface area contributed by atoms with E-state index in [1.54, 1.807) is 43.5 Å². The van der Waals surface area contributed by atoms with Crippen LogP contribution >= 0.6 is 0 Å². The number of aromatic nitrogens is 2. The molecule has 2 heterocycles. The van der Waals surface area contributed by atoms with Crippen LogP contribution in [0.1, 0.15) is 27.4 Å². The van der Waals surface area contributed by atoms with E-state index in [1.807, 2.05) is 48.4 Å². The number of ether oxygens (including phenoxy) is 3. The summed E-state index contributed by atoms with van der Waals surface area (Å²) < 4.78 is 19.2. The predicted molar refractivity (Wildman–Crippen MR) is 162 cm³/mol. The summed E-state index contributed by atoms with van der Waals surface area (Å²) in [5, 5.41) is 9.04. The molecule has 4 aromatic rings. The van der Waals surface area contributed by atoms with Crippen molar-refractivity contribution in [2.24, 2.45) is 0 Å². The molecule has 0 bridgehead atoms.